The van der Waals surface area contributed by atoms with Gasteiger partial charge in [-0.1, -0.05) is 55.4 Å². The van der Waals surface area contributed by atoms with Gasteiger partial charge in [0.1, 0.15) is 12.3 Å². The fourth-order valence-corrected chi connectivity index (χ4v) is 2.09. The molecule has 0 aliphatic heterocycles. The molecule has 114 valence electrons. The van der Waals surface area contributed by atoms with Crippen LogP contribution in [0.4, 0.5) is 0 Å². The lowest BCUT2D eigenvalue weighted by Crippen LogP contribution is -2.15. The summed E-state index contributed by atoms with van der Waals surface area (Å²) >= 11 is 0. The predicted molar refractivity (Wildman–Crippen MR) is 85.7 cm³/mol. The van der Waals surface area contributed by atoms with Crippen molar-refractivity contribution in [1.82, 2.24) is 0 Å². The van der Waals surface area contributed by atoms with E-state index in [0.29, 0.717) is 12.2 Å². The van der Waals surface area contributed by atoms with E-state index in [9.17, 15) is 9.70 Å². The first-order valence-electron chi connectivity index (χ1n) is 7.26. The van der Waals surface area contributed by atoms with Crippen LogP contribution in [0, 0.1) is 10.8 Å². The van der Waals surface area contributed by atoms with Crippen LogP contribution in [0.15, 0.2) is 53.7 Å². The molecule has 0 fully saturated rings. The van der Waals surface area contributed by atoms with Crippen molar-refractivity contribution in [3.63, 3.8) is 0 Å². The molecule has 0 heterocycles. The number of benzene rings is 2. The monoisotopic (exact) mass is 297 g/mol. The fraction of sp³-hybridized carbons (Fsp3) is 0.278. The standard InChI is InChI=1S/C18H19NO3/c1-13(2)18(20)22-17-9-8-15(12-19-21)11-16(17)10-14-6-4-3-5-7-14/h3-9,11,13H,10,12H2,1-2H3. The van der Waals surface area contributed by atoms with Crippen LogP contribution in [-0.2, 0) is 17.8 Å². The van der Waals surface area contributed by atoms with Crippen molar-refractivity contribution in [1.29, 1.82) is 0 Å². The summed E-state index contributed by atoms with van der Waals surface area (Å²) < 4.78 is 5.46. The first-order valence-corrected chi connectivity index (χ1v) is 7.26. The van der Waals surface area contributed by atoms with E-state index in [1.807, 2.05) is 36.4 Å². The first kappa shape index (κ1) is 15.9. The number of rotatable bonds is 6. The van der Waals surface area contributed by atoms with E-state index in [0.717, 1.165) is 16.7 Å². The number of hydrogen-bond acceptors (Lipinski definition) is 4. The lowest BCUT2D eigenvalue weighted by Gasteiger charge is -2.13. The molecular weight excluding hydrogens is 278 g/mol. The smallest absolute Gasteiger partial charge is 0.313 e. The topological polar surface area (TPSA) is 55.7 Å². The highest BCUT2D eigenvalue weighted by molar-refractivity contribution is 5.74. The van der Waals surface area contributed by atoms with Gasteiger partial charge in [-0.2, -0.15) is 4.91 Å². The number of esters is 1. The summed E-state index contributed by atoms with van der Waals surface area (Å²) in [4.78, 5) is 22.3. The summed E-state index contributed by atoms with van der Waals surface area (Å²) in [5.41, 5.74) is 2.80. The van der Waals surface area contributed by atoms with E-state index in [1.54, 1.807) is 26.0 Å². The molecule has 2 aromatic carbocycles. The predicted octanol–water partition coefficient (Wildman–Crippen LogP) is 4.11. The highest BCUT2D eigenvalue weighted by atomic mass is 16.5. The molecule has 0 unspecified atom stereocenters. The Morgan fingerprint density at radius 2 is 1.82 bits per heavy atom. The van der Waals surface area contributed by atoms with Crippen LogP contribution < -0.4 is 4.74 Å². The van der Waals surface area contributed by atoms with Crippen molar-refractivity contribution < 1.29 is 9.53 Å². The second kappa shape index (κ2) is 7.50. The zero-order chi connectivity index (χ0) is 15.9. The Kier molecular flexibility index (Phi) is 5.42. The first-order chi connectivity index (χ1) is 10.6. The lowest BCUT2D eigenvalue weighted by atomic mass is 10.0. The zero-order valence-corrected chi connectivity index (χ0v) is 12.8. The minimum Gasteiger partial charge on any atom is -0.426 e. The molecule has 0 aromatic heterocycles. The Labute approximate surface area is 130 Å². The molecule has 0 bridgehead atoms. The Hall–Kier alpha value is -2.49. The van der Waals surface area contributed by atoms with E-state index in [1.165, 1.54) is 0 Å². The van der Waals surface area contributed by atoms with Gasteiger partial charge in [0.05, 0.1) is 5.92 Å². The van der Waals surface area contributed by atoms with Gasteiger partial charge >= 0.3 is 5.97 Å². The van der Waals surface area contributed by atoms with Gasteiger partial charge in [-0.3, -0.25) is 4.79 Å². The Balaban J connectivity index is 2.31. The normalized spacial score (nSPS) is 10.5. The van der Waals surface area contributed by atoms with Crippen molar-refractivity contribution in [2.75, 3.05) is 0 Å². The Morgan fingerprint density at radius 3 is 2.45 bits per heavy atom. The van der Waals surface area contributed by atoms with Gasteiger partial charge in [0, 0.05) is 6.42 Å². The van der Waals surface area contributed by atoms with Gasteiger partial charge in [0.25, 0.3) is 0 Å². The number of carbonyl (C=O) groups is 1. The zero-order valence-electron chi connectivity index (χ0n) is 12.8. The van der Waals surface area contributed by atoms with Crippen molar-refractivity contribution in [2.24, 2.45) is 11.1 Å². The third kappa shape index (κ3) is 4.25. The van der Waals surface area contributed by atoms with Crippen LogP contribution in [-0.4, -0.2) is 5.97 Å². The molecule has 0 saturated heterocycles. The lowest BCUT2D eigenvalue weighted by molar-refractivity contribution is -0.137. The number of nitrogens with zero attached hydrogens (tertiary/aromatic N) is 1. The largest absolute Gasteiger partial charge is 0.426 e. The second-order valence-electron chi connectivity index (χ2n) is 5.47. The number of carbonyl (C=O) groups excluding carboxylic acids is 1. The second-order valence-corrected chi connectivity index (χ2v) is 5.47. The molecule has 4 heteroatoms. The van der Waals surface area contributed by atoms with Crippen LogP contribution >= 0.6 is 0 Å². The minimum absolute atomic E-state index is 0.111. The molecule has 0 aliphatic carbocycles. The molecule has 0 N–H and O–H groups in total. The van der Waals surface area contributed by atoms with Crippen LogP contribution in [0.2, 0.25) is 0 Å². The number of nitroso groups, excluding NO2 is 1. The van der Waals surface area contributed by atoms with Gasteiger partial charge < -0.3 is 4.74 Å². The molecule has 2 rings (SSSR count). The quantitative estimate of drug-likeness (QED) is 0.458. The van der Waals surface area contributed by atoms with Crippen molar-refractivity contribution in [2.45, 2.75) is 26.8 Å². The molecule has 0 spiro atoms. The van der Waals surface area contributed by atoms with E-state index in [2.05, 4.69) is 5.18 Å². The van der Waals surface area contributed by atoms with E-state index in [-0.39, 0.29) is 18.4 Å². The Morgan fingerprint density at radius 1 is 1.09 bits per heavy atom. The summed E-state index contributed by atoms with van der Waals surface area (Å²) in [6.07, 6.45) is 0.633. The van der Waals surface area contributed by atoms with Crippen molar-refractivity contribution >= 4 is 5.97 Å². The highest BCUT2D eigenvalue weighted by Crippen LogP contribution is 2.24. The van der Waals surface area contributed by atoms with Gasteiger partial charge in [-0.05, 0) is 28.8 Å². The third-order valence-electron chi connectivity index (χ3n) is 3.29. The average molecular weight is 297 g/mol. The van der Waals surface area contributed by atoms with Crippen LogP contribution in [0.1, 0.15) is 30.5 Å². The van der Waals surface area contributed by atoms with Crippen molar-refractivity contribution in [3.8, 4) is 5.75 Å². The molecule has 0 radical (unpaired) electrons. The highest BCUT2D eigenvalue weighted by Gasteiger charge is 2.14. The molecule has 4 nitrogen and oxygen atoms in total. The van der Waals surface area contributed by atoms with Crippen LogP contribution in [0.25, 0.3) is 0 Å². The van der Waals surface area contributed by atoms with Gasteiger partial charge in [-0.15, -0.1) is 0 Å². The average Bonchev–Trinajstić information content (AvgIpc) is 2.51. The van der Waals surface area contributed by atoms with E-state index in [4.69, 9.17) is 4.74 Å². The maximum absolute atomic E-state index is 11.8. The molecule has 0 amide bonds. The Bertz CT molecular complexity index is 651. The summed E-state index contributed by atoms with van der Waals surface area (Å²) in [6.45, 7) is 3.70. The molecule has 0 saturated carbocycles. The molecule has 0 aliphatic rings. The SMILES string of the molecule is CC(C)C(=O)Oc1ccc(CN=O)cc1Cc1ccccc1. The summed E-state index contributed by atoms with van der Waals surface area (Å²) in [5, 5.41) is 2.92. The molecule has 2 aromatic rings. The van der Waals surface area contributed by atoms with Crippen LogP contribution in [0.5, 0.6) is 5.75 Å². The maximum Gasteiger partial charge on any atom is 0.313 e. The third-order valence-corrected chi connectivity index (χ3v) is 3.29. The van der Waals surface area contributed by atoms with Gasteiger partial charge in [0.15, 0.2) is 0 Å². The molecule has 0 atom stereocenters. The van der Waals surface area contributed by atoms with Crippen LogP contribution in [0.3, 0.4) is 0 Å². The molecular formula is C18H19NO3. The maximum atomic E-state index is 11.8. The van der Waals surface area contributed by atoms with Gasteiger partial charge in [0.2, 0.25) is 0 Å². The number of hydrogen-bond donors (Lipinski definition) is 0. The number of ether oxygens (including phenoxy) is 1. The molecule has 22 heavy (non-hydrogen) atoms. The van der Waals surface area contributed by atoms with E-state index >= 15 is 0 Å². The van der Waals surface area contributed by atoms with E-state index < -0.39 is 0 Å². The summed E-state index contributed by atoms with van der Waals surface area (Å²) in [5.74, 6) is 0.0775. The minimum atomic E-state index is -0.268. The van der Waals surface area contributed by atoms with Crippen molar-refractivity contribution in [3.05, 3.63) is 70.1 Å². The van der Waals surface area contributed by atoms with Gasteiger partial charge in [-0.25, -0.2) is 0 Å². The fourth-order valence-electron chi connectivity index (χ4n) is 2.09. The summed E-state index contributed by atoms with van der Waals surface area (Å²) in [6, 6.07) is 15.3. The summed E-state index contributed by atoms with van der Waals surface area (Å²) in [7, 11) is 0.